The first-order chi connectivity index (χ1) is 26.1. The van der Waals surface area contributed by atoms with Gasteiger partial charge in [-0.05, 0) is 92.4 Å². The lowest BCUT2D eigenvalue weighted by Gasteiger charge is -2.32. The molecule has 2 aromatic carbocycles. The molecule has 1 atom stereocenters. The molecule has 0 bridgehead atoms. The van der Waals surface area contributed by atoms with Crippen LogP contribution in [0.25, 0.3) is 22.3 Å². The van der Waals surface area contributed by atoms with E-state index in [9.17, 15) is 22.8 Å². The van der Waals surface area contributed by atoms with Gasteiger partial charge in [0.2, 0.25) is 11.8 Å². The maximum absolute atomic E-state index is 12.9. The topological polar surface area (TPSA) is 108 Å². The largest absolute Gasteiger partial charge is 0.427 e. The van der Waals surface area contributed by atoms with Gasteiger partial charge in [0.05, 0.1) is 12.1 Å². The van der Waals surface area contributed by atoms with E-state index in [2.05, 4.69) is 59.7 Å². The molecule has 1 unspecified atom stereocenters. The van der Waals surface area contributed by atoms with E-state index in [0.717, 1.165) is 97.1 Å². The number of aryl methyl sites for hydroxylation is 1. The number of amides is 2. The first-order valence-corrected chi connectivity index (χ1v) is 19.9. The van der Waals surface area contributed by atoms with Gasteiger partial charge in [0.1, 0.15) is 4.88 Å². The third-order valence-corrected chi connectivity index (χ3v) is 12.8. The van der Waals surface area contributed by atoms with Crippen LogP contribution in [0, 0.1) is 0 Å². The molecule has 282 valence electrons. The van der Waals surface area contributed by atoms with E-state index in [1.807, 2.05) is 37.8 Å². The van der Waals surface area contributed by atoms with Crippen molar-refractivity contribution in [3.05, 3.63) is 88.8 Å². The number of nitrogens with one attached hydrogen (secondary N) is 2. The van der Waals surface area contributed by atoms with Crippen molar-refractivity contribution in [1.29, 1.82) is 0 Å². The fourth-order valence-corrected chi connectivity index (χ4v) is 9.57. The van der Waals surface area contributed by atoms with E-state index in [1.165, 1.54) is 5.56 Å². The minimum Gasteiger partial charge on any atom is -0.359 e. The number of thiazole rings is 1. The molecular formula is C39H41F3N8O2S2. The van der Waals surface area contributed by atoms with Crippen LogP contribution in [0.5, 0.6) is 0 Å². The van der Waals surface area contributed by atoms with Crippen molar-refractivity contribution in [1.82, 2.24) is 34.0 Å². The summed E-state index contributed by atoms with van der Waals surface area (Å²) in [7, 11) is 2.02. The summed E-state index contributed by atoms with van der Waals surface area (Å²) >= 11 is 2.33. The van der Waals surface area contributed by atoms with Crippen molar-refractivity contribution >= 4 is 51.1 Å². The number of halogens is 3. The van der Waals surface area contributed by atoms with E-state index >= 15 is 0 Å². The summed E-state index contributed by atoms with van der Waals surface area (Å²) in [6, 6.07) is 14.9. The lowest BCUT2D eigenvalue weighted by Crippen LogP contribution is -2.39. The molecule has 0 saturated carbocycles. The van der Waals surface area contributed by atoms with Crippen molar-refractivity contribution in [3.63, 3.8) is 0 Å². The van der Waals surface area contributed by atoms with Crippen molar-refractivity contribution in [2.75, 3.05) is 31.5 Å². The Balaban J connectivity index is 0.816. The van der Waals surface area contributed by atoms with Crippen LogP contribution in [0.3, 0.4) is 0 Å². The Morgan fingerprint density at radius 1 is 0.944 bits per heavy atom. The number of nitrogens with zero attached hydrogens (tertiary/aromatic N) is 6. The standard InChI is InChI=1S/C39H41F3N8O2S2/c1-48-23-32(31-7-8-35(51)47-37(31)52)30-6-5-26(18-33(30)48)25-9-13-49(14-10-25)22-24-19-43-36(44-20-24)27-3-2-4-29(17-27)54-50-15-11-28(12-16-50)46-38-45-21-34(53-38)39(40,41)42/h2-6,17-21,23,25,28,31H,7-16,22H2,1H3,(H,45,46)(H,47,51,52). The maximum Gasteiger partial charge on any atom is 0.427 e. The van der Waals surface area contributed by atoms with Crippen LogP contribution in [0.2, 0.25) is 0 Å². The van der Waals surface area contributed by atoms with Gasteiger partial charge in [0.15, 0.2) is 11.0 Å². The highest BCUT2D eigenvalue weighted by Crippen LogP contribution is 2.38. The number of carbonyl (C=O) groups excluding carboxylic acids is 2. The van der Waals surface area contributed by atoms with Crippen LogP contribution in [0.1, 0.15) is 71.9 Å². The molecule has 5 aromatic rings. The summed E-state index contributed by atoms with van der Waals surface area (Å²) < 4.78 is 43.2. The van der Waals surface area contributed by atoms with E-state index in [0.29, 0.717) is 41.1 Å². The number of fused-ring (bicyclic) bond motifs is 1. The molecule has 3 saturated heterocycles. The molecule has 15 heteroatoms. The fourth-order valence-electron chi connectivity index (χ4n) is 7.80. The molecule has 0 spiro atoms. The van der Waals surface area contributed by atoms with Crippen LogP contribution >= 0.6 is 23.3 Å². The molecule has 8 rings (SSSR count). The zero-order chi connectivity index (χ0) is 37.4. The molecular weight excluding hydrogens is 734 g/mol. The van der Waals surface area contributed by atoms with Gasteiger partial charge >= 0.3 is 6.18 Å². The SMILES string of the molecule is Cn1cc(C2CCC(=O)NC2=O)c2ccc(C3CCN(Cc4cnc(-c5cccc(SN6CCC(Nc7ncc(C(F)(F)F)s7)CC6)c5)nc4)CC3)cc21. The molecule has 3 aromatic heterocycles. The summed E-state index contributed by atoms with van der Waals surface area (Å²) in [5, 5.41) is 7.08. The molecule has 3 aliphatic rings. The zero-order valence-corrected chi connectivity index (χ0v) is 31.4. The Labute approximate surface area is 319 Å². The van der Waals surface area contributed by atoms with Crippen LogP contribution in [0.4, 0.5) is 18.3 Å². The van der Waals surface area contributed by atoms with Gasteiger partial charge in [0.25, 0.3) is 0 Å². The number of rotatable bonds is 9. The second kappa shape index (κ2) is 15.4. The van der Waals surface area contributed by atoms with E-state index in [-0.39, 0.29) is 23.8 Å². The molecule has 54 heavy (non-hydrogen) atoms. The number of imide groups is 1. The van der Waals surface area contributed by atoms with Crippen LogP contribution in [-0.4, -0.2) is 72.8 Å². The zero-order valence-electron chi connectivity index (χ0n) is 29.8. The van der Waals surface area contributed by atoms with Crippen molar-refractivity contribution in [2.45, 2.75) is 74.0 Å². The Kier molecular flexibility index (Phi) is 10.5. The third-order valence-electron chi connectivity index (χ3n) is 10.7. The second-order valence-electron chi connectivity index (χ2n) is 14.4. The highest BCUT2D eigenvalue weighted by atomic mass is 32.2. The Morgan fingerprint density at radius 3 is 2.44 bits per heavy atom. The molecule has 10 nitrogen and oxygen atoms in total. The summed E-state index contributed by atoms with van der Waals surface area (Å²) in [6.45, 7) is 4.38. The monoisotopic (exact) mass is 774 g/mol. The molecule has 6 heterocycles. The quantitative estimate of drug-likeness (QED) is 0.116. The number of hydrogen-bond acceptors (Lipinski definition) is 10. The number of aromatic nitrogens is 4. The molecule has 2 amide bonds. The minimum absolute atomic E-state index is 0.0898. The molecule has 0 radical (unpaired) electrons. The van der Waals surface area contributed by atoms with Gasteiger partial charge in [-0.15, -0.1) is 0 Å². The van der Waals surface area contributed by atoms with Crippen molar-refractivity contribution in [2.24, 2.45) is 7.05 Å². The van der Waals surface area contributed by atoms with E-state index in [4.69, 9.17) is 9.97 Å². The normalized spacial score (nSPS) is 19.7. The van der Waals surface area contributed by atoms with Gasteiger partial charge < -0.3 is 9.88 Å². The lowest BCUT2D eigenvalue weighted by atomic mass is 9.87. The second-order valence-corrected chi connectivity index (χ2v) is 16.6. The first kappa shape index (κ1) is 36.7. The van der Waals surface area contributed by atoms with Crippen LogP contribution in [-0.2, 0) is 29.4 Å². The smallest absolute Gasteiger partial charge is 0.359 e. The molecule has 0 aliphatic carbocycles. The highest BCUT2D eigenvalue weighted by molar-refractivity contribution is 7.97. The number of benzene rings is 2. The van der Waals surface area contributed by atoms with Gasteiger partial charge in [-0.3, -0.25) is 19.8 Å². The lowest BCUT2D eigenvalue weighted by molar-refractivity contribution is -0.135. The Bertz CT molecular complexity index is 2140. The van der Waals surface area contributed by atoms with Gasteiger partial charge in [-0.2, -0.15) is 13.2 Å². The van der Waals surface area contributed by atoms with Crippen molar-refractivity contribution in [3.8, 4) is 11.4 Å². The minimum atomic E-state index is -4.37. The Morgan fingerprint density at radius 2 is 1.72 bits per heavy atom. The average Bonchev–Trinajstić information content (AvgIpc) is 3.77. The summed E-state index contributed by atoms with van der Waals surface area (Å²) in [6.07, 6.45) is 7.08. The number of likely N-dealkylation sites (tertiary alicyclic amines) is 1. The summed E-state index contributed by atoms with van der Waals surface area (Å²) in [5.74, 6) is 0.450. The van der Waals surface area contributed by atoms with Gasteiger partial charge in [-0.25, -0.2) is 19.3 Å². The highest BCUT2D eigenvalue weighted by Gasteiger charge is 2.34. The summed E-state index contributed by atoms with van der Waals surface area (Å²) in [4.78, 5) is 40.5. The number of carbonyl (C=O) groups is 2. The van der Waals surface area contributed by atoms with E-state index in [1.54, 1.807) is 11.9 Å². The van der Waals surface area contributed by atoms with Crippen LogP contribution < -0.4 is 10.6 Å². The third kappa shape index (κ3) is 8.19. The Hall–Kier alpha value is -4.31. The van der Waals surface area contributed by atoms with Gasteiger partial charge in [0, 0.05) is 84.7 Å². The number of anilines is 1. The van der Waals surface area contributed by atoms with Gasteiger partial charge in [-0.1, -0.05) is 35.6 Å². The fraction of sp³-hybridized carbons (Fsp3) is 0.410. The number of piperidine rings is 3. The van der Waals surface area contributed by atoms with E-state index < -0.39 is 11.1 Å². The van der Waals surface area contributed by atoms with Crippen molar-refractivity contribution < 1.29 is 22.8 Å². The summed E-state index contributed by atoms with van der Waals surface area (Å²) in [5.41, 5.74) is 5.47. The molecule has 3 aliphatic heterocycles. The van der Waals surface area contributed by atoms with Crippen LogP contribution in [0.15, 0.2) is 72.1 Å². The molecule has 3 fully saturated rings. The predicted molar refractivity (Wildman–Crippen MR) is 204 cm³/mol. The number of alkyl halides is 3. The number of hydrogen-bond donors (Lipinski definition) is 2. The first-order valence-electron chi connectivity index (χ1n) is 18.3. The average molecular weight is 775 g/mol. The molecule has 2 N–H and O–H groups in total. The predicted octanol–water partition coefficient (Wildman–Crippen LogP) is 7.59. The maximum atomic E-state index is 12.9.